The third kappa shape index (κ3) is 2.42. The smallest absolute Gasteiger partial charge is 0.302 e. The van der Waals surface area contributed by atoms with E-state index < -0.39 is 46.8 Å². The van der Waals surface area contributed by atoms with Crippen LogP contribution in [0.25, 0.3) is 0 Å². The Bertz CT molecular complexity index is 845. The summed E-state index contributed by atoms with van der Waals surface area (Å²) in [6.45, 7) is 3.34. The molecule has 1 aromatic rings. The lowest BCUT2D eigenvalue weighted by molar-refractivity contribution is -0.239. The van der Waals surface area contributed by atoms with E-state index in [1.807, 2.05) is 0 Å². The molecule has 3 heterocycles. The van der Waals surface area contributed by atoms with Gasteiger partial charge in [0.2, 0.25) is 0 Å². The number of ether oxygens (including phenoxy) is 3. The molecule has 8 heteroatoms. The molecule has 8 nitrogen and oxygen atoms in total. The van der Waals surface area contributed by atoms with E-state index in [2.05, 4.69) is 0 Å². The van der Waals surface area contributed by atoms with E-state index in [9.17, 15) is 19.8 Å². The topological polar surface area (TPSA) is 119 Å². The first-order valence-corrected chi connectivity index (χ1v) is 10.6. The van der Waals surface area contributed by atoms with Gasteiger partial charge in [0.25, 0.3) is 0 Å². The summed E-state index contributed by atoms with van der Waals surface area (Å²) in [4.78, 5) is 25.4. The van der Waals surface area contributed by atoms with Crippen LogP contribution in [0.5, 0.6) is 0 Å². The largest absolute Gasteiger partial charge is 0.472 e. The van der Waals surface area contributed by atoms with Gasteiger partial charge in [0, 0.05) is 23.8 Å². The molecule has 2 aliphatic carbocycles. The predicted molar refractivity (Wildman–Crippen MR) is 101 cm³/mol. The number of hydrogen-bond donors (Lipinski definition) is 2. The summed E-state index contributed by atoms with van der Waals surface area (Å²) in [7, 11) is 0. The molecule has 2 aliphatic heterocycles. The molecule has 0 bridgehead atoms. The molecule has 4 fully saturated rings. The first-order valence-electron chi connectivity index (χ1n) is 10.6. The van der Waals surface area contributed by atoms with Crippen molar-refractivity contribution in [3.05, 3.63) is 24.2 Å². The summed E-state index contributed by atoms with van der Waals surface area (Å²) in [6.07, 6.45) is 2.83. The molecular weight excluding hydrogens is 392 g/mol. The summed E-state index contributed by atoms with van der Waals surface area (Å²) >= 11 is 0. The SMILES string of the molecule is CC(=O)OC[C@@]12C(=O)[C@@H](O)[C@@H](C)[C@]3(C[C@@H](c4ccoc4)O[C@H]3O)[C@H]1CCC[C@]21CO1. The number of esters is 1. The normalized spacial score (nSPS) is 47.5. The quantitative estimate of drug-likeness (QED) is 0.561. The van der Waals surface area contributed by atoms with Crippen LogP contribution in [-0.4, -0.2) is 53.2 Å². The van der Waals surface area contributed by atoms with Crippen LogP contribution in [0.15, 0.2) is 23.0 Å². The summed E-state index contributed by atoms with van der Waals surface area (Å²) < 4.78 is 22.5. The molecular formula is C22H28O8. The van der Waals surface area contributed by atoms with E-state index in [0.29, 0.717) is 25.9 Å². The van der Waals surface area contributed by atoms with E-state index in [1.165, 1.54) is 6.92 Å². The van der Waals surface area contributed by atoms with Gasteiger partial charge in [-0.2, -0.15) is 0 Å². The van der Waals surface area contributed by atoms with Crippen LogP contribution in [-0.2, 0) is 23.8 Å². The van der Waals surface area contributed by atoms with Gasteiger partial charge in [-0.1, -0.05) is 13.3 Å². The number of rotatable bonds is 3. The van der Waals surface area contributed by atoms with Gasteiger partial charge in [-0.15, -0.1) is 0 Å². The van der Waals surface area contributed by atoms with Gasteiger partial charge in [-0.3, -0.25) is 9.59 Å². The maximum atomic E-state index is 13.7. The first kappa shape index (κ1) is 20.2. The fraction of sp³-hybridized carbons (Fsp3) is 0.727. The molecule has 4 aliphatic rings. The van der Waals surface area contributed by atoms with Crippen molar-refractivity contribution in [1.29, 1.82) is 0 Å². The molecule has 1 aromatic heterocycles. The van der Waals surface area contributed by atoms with Crippen LogP contribution < -0.4 is 0 Å². The Kier molecular flexibility index (Phi) is 4.46. The van der Waals surface area contributed by atoms with E-state index in [4.69, 9.17) is 18.6 Å². The Hall–Kier alpha value is -1.74. The van der Waals surface area contributed by atoms with Crippen molar-refractivity contribution in [1.82, 2.24) is 0 Å². The number of hydrogen-bond acceptors (Lipinski definition) is 8. The predicted octanol–water partition coefficient (Wildman–Crippen LogP) is 1.74. The van der Waals surface area contributed by atoms with Crippen molar-refractivity contribution in [2.45, 2.75) is 63.6 Å². The van der Waals surface area contributed by atoms with Crippen molar-refractivity contribution >= 4 is 11.8 Å². The summed E-state index contributed by atoms with van der Waals surface area (Å²) in [6, 6.07) is 1.80. The van der Waals surface area contributed by atoms with Crippen LogP contribution in [0.2, 0.25) is 0 Å². The highest BCUT2D eigenvalue weighted by atomic mass is 16.6. The van der Waals surface area contributed by atoms with Gasteiger partial charge < -0.3 is 28.8 Å². The molecule has 2 spiro atoms. The molecule has 8 atom stereocenters. The second-order valence-electron chi connectivity index (χ2n) is 9.43. The number of aliphatic hydroxyl groups is 2. The van der Waals surface area contributed by atoms with Gasteiger partial charge in [-0.25, -0.2) is 0 Å². The number of epoxide rings is 1. The van der Waals surface area contributed by atoms with Crippen LogP contribution in [0, 0.1) is 22.7 Å². The molecule has 0 radical (unpaired) electrons. The van der Waals surface area contributed by atoms with Crippen LogP contribution in [0.4, 0.5) is 0 Å². The molecule has 0 aromatic carbocycles. The molecule has 30 heavy (non-hydrogen) atoms. The third-order valence-electron chi connectivity index (χ3n) is 8.36. The van der Waals surface area contributed by atoms with E-state index >= 15 is 0 Å². The Morgan fingerprint density at radius 2 is 2.13 bits per heavy atom. The zero-order valence-electron chi connectivity index (χ0n) is 17.2. The van der Waals surface area contributed by atoms with Crippen molar-refractivity contribution in [3.63, 3.8) is 0 Å². The lowest BCUT2D eigenvalue weighted by atomic mass is 9.42. The number of aliphatic hydroxyl groups excluding tert-OH is 2. The second kappa shape index (κ2) is 6.63. The Morgan fingerprint density at radius 1 is 1.37 bits per heavy atom. The first-order chi connectivity index (χ1) is 14.3. The molecule has 0 amide bonds. The number of carbonyl (C=O) groups excluding carboxylic acids is 2. The average Bonchev–Trinajstić information content (AvgIpc) is 3.15. The van der Waals surface area contributed by atoms with Crippen molar-refractivity contribution in [2.24, 2.45) is 22.7 Å². The lowest BCUT2D eigenvalue weighted by Gasteiger charge is -2.60. The third-order valence-corrected chi connectivity index (χ3v) is 8.36. The number of carbonyl (C=O) groups is 2. The fourth-order valence-electron chi connectivity index (χ4n) is 6.74. The molecule has 2 saturated carbocycles. The van der Waals surface area contributed by atoms with Crippen LogP contribution >= 0.6 is 0 Å². The number of furan rings is 1. The van der Waals surface area contributed by atoms with Gasteiger partial charge in [-0.05, 0) is 31.2 Å². The maximum absolute atomic E-state index is 13.7. The minimum absolute atomic E-state index is 0.152. The maximum Gasteiger partial charge on any atom is 0.302 e. The Morgan fingerprint density at radius 3 is 2.77 bits per heavy atom. The van der Waals surface area contributed by atoms with Crippen LogP contribution in [0.1, 0.15) is 51.2 Å². The van der Waals surface area contributed by atoms with Crippen molar-refractivity contribution < 1.29 is 38.4 Å². The van der Waals surface area contributed by atoms with Gasteiger partial charge in [0.05, 0.1) is 25.2 Å². The zero-order valence-corrected chi connectivity index (χ0v) is 17.2. The Labute approximate surface area is 174 Å². The number of fused-ring (bicyclic) bond motifs is 3. The van der Waals surface area contributed by atoms with Crippen molar-refractivity contribution in [2.75, 3.05) is 13.2 Å². The molecule has 2 N–H and O–H groups in total. The van der Waals surface area contributed by atoms with Crippen LogP contribution in [0.3, 0.4) is 0 Å². The number of Topliss-reactive ketones (excluding diaryl/α,β-unsaturated/α-hetero) is 1. The van der Waals surface area contributed by atoms with E-state index in [-0.39, 0.29) is 18.3 Å². The molecule has 5 rings (SSSR count). The molecule has 0 unspecified atom stereocenters. The monoisotopic (exact) mass is 420 g/mol. The summed E-state index contributed by atoms with van der Waals surface area (Å²) in [5, 5.41) is 22.4. The minimum Gasteiger partial charge on any atom is -0.472 e. The van der Waals surface area contributed by atoms with Gasteiger partial charge in [0.1, 0.15) is 23.7 Å². The fourth-order valence-corrected chi connectivity index (χ4v) is 6.74. The summed E-state index contributed by atoms with van der Waals surface area (Å²) in [5.74, 6) is -1.71. The van der Waals surface area contributed by atoms with Gasteiger partial charge >= 0.3 is 5.97 Å². The average molecular weight is 420 g/mol. The molecule has 2 saturated heterocycles. The van der Waals surface area contributed by atoms with E-state index in [0.717, 1.165) is 12.0 Å². The highest BCUT2D eigenvalue weighted by Gasteiger charge is 2.79. The summed E-state index contributed by atoms with van der Waals surface area (Å²) in [5.41, 5.74) is -2.03. The highest BCUT2D eigenvalue weighted by Crippen LogP contribution is 2.70. The standard InChI is InChI=1S/C22H28O8/c1-12-17(24)18(25)22(11-28-13(2)23)16(4-3-6-20(22)10-29-20)21(12)8-15(30-19(21)26)14-5-7-27-9-14/h5,7,9,12,15-17,19,24,26H,3-4,6,8,10-11H2,1-2H3/t12-,15+,16-,17+,19-,20+,21-,22+/m1/s1. The van der Waals surface area contributed by atoms with Crippen molar-refractivity contribution in [3.8, 4) is 0 Å². The molecule has 164 valence electrons. The zero-order chi connectivity index (χ0) is 21.3. The van der Waals surface area contributed by atoms with Gasteiger partial charge in [0.15, 0.2) is 12.1 Å². The number of ketones is 1. The van der Waals surface area contributed by atoms with E-state index in [1.54, 1.807) is 25.5 Å². The highest BCUT2D eigenvalue weighted by molar-refractivity contribution is 5.93. The lowest BCUT2D eigenvalue weighted by Crippen LogP contribution is -2.71. The Balaban J connectivity index is 1.63. The second-order valence-corrected chi connectivity index (χ2v) is 9.43. The minimum atomic E-state index is -1.31.